The van der Waals surface area contributed by atoms with Crippen LogP contribution in [-0.2, 0) is 117 Å². The molecular weight excluding hydrogens is 1890 g/mol. The van der Waals surface area contributed by atoms with Gasteiger partial charge in [-0.1, -0.05) is 131 Å². The van der Waals surface area contributed by atoms with E-state index >= 15 is 28.8 Å². The number of aliphatic hydroxyl groups excluding tert-OH is 3. The molecule has 142 heavy (non-hydrogen) atoms. The summed E-state index contributed by atoms with van der Waals surface area (Å²) >= 11 is 0. The fourth-order valence-corrected chi connectivity index (χ4v) is 17.6. The number of nitrogens with two attached hydrogens (primary N) is 3. The number of H-pyrrole nitrogens is 1. The highest BCUT2D eigenvalue weighted by atomic mass is 33.1. The number of para-hydroxylation sites is 1. The summed E-state index contributed by atoms with van der Waals surface area (Å²) < 4.78 is 0. The summed E-state index contributed by atoms with van der Waals surface area (Å²) in [6.07, 6.45) is -4.14. The lowest BCUT2D eigenvalue weighted by atomic mass is 10.00. The van der Waals surface area contributed by atoms with Crippen LogP contribution in [-0.4, -0.2) is 380 Å². The first kappa shape index (κ1) is 116. The third-order valence-corrected chi connectivity index (χ3v) is 25.4. The number of aromatic amines is 1. The van der Waals surface area contributed by atoms with E-state index in [4.69, 9.17) is 17.2 Å². The van der Waals surface area contributed by atoms with E-state index < -0.39 is 260 Å². The zero-order valence-electron chi connectivity index (χ0n) is 78.9. The summed E-state index contributed by atoms with van der Waals surface area (Å²) in [5.41, 5.74) is 20.0. The van der Waals surface area contributed by atoms with Crippen LogP contribution in [0.15, 0.2) is 121 Å². The Hall–Kier alpha value is -13.3. The summed E-state index contributed by atoms with van der Waals surface area (Å²) in [5.74, 6) is -23.3. The molecule has 15 atom stereocenters. The lowest BCUT2D eigenvalue weighted by Gasteiger charge is -2.33. The molecule has 2 saturated heterocycles. The van der Waals surface area contributed by atoms with Crippen molar-refractivity contribution in [2.75, 3.05) is 116 Å². The largest absolute Gasteiger partial charge is 0.480 e. The van der Waals surface area contributed by atoms with E-state index in [1.165, 1.54) is 16.7 Å². The molecule has 2 aliphatic heterocycles. The van der Waals surface area contributed by atoms with Gasteiger partial charge in [-0.05, 0) is 101 Å². The lowest BCUT2D eigenvalue weighted by molar-refractivity contribution is -0.142. The number of carbonyl (C=O) groups excluding carboxylic acids is 15. The number of primary amides is 1. The number of amides is 15. The number of benzene rings is 4. The van der Waals surface area contributed by atoms with Crippen LogP contribution in [0.25, 0.3) is 10.9 Å². The molecule has 50 heteroatoms. The molecule has 0 spiro atoms. The van der Waals surface area contributed by atoms with Crippen molar-refractivity contribution in [3.8, 4) is 0 Å². The van der Waals surface area contributed by atoms with Crippen LogP contribution in [0.3, 0.4) is 0 Å². The molecule has 0 aliphatic carbocycles. The number of carbonyl (C=O) groups is 19. The van der Waals surface area contributed by atoms with Crippen molar-refractivity contribution < 1.29 is 127 Å². The van der Waals surface area contributed by atoms with Gasteiger partial charge in [0.2, 0.25) is 88.6 Å². The minimum Gasteiger partial charge on any atom is -0.480 e. The average Bonchev–Trinajstić information content (AvgIpc) is 1.67. The van der Waals surface area contributed by atoms with E-state index in [-0.39, 0.29) is 130 Å². The molecule has 776 valence electrons. The number of unbranched alkanes of at least 4 members (excludes halogenated alkanes) is 2. The summed E-state index contributed by atoms with van der Waals surface area (Å²) in [4.78, 5) is 277. The SMILES string of the molecule is C[C@H](NC(=O)CN1CCN(CC(=O)O)CCN(CC(=O)O)CCN(CC(=O)O)CC1)C(=O)NCC(=O)N[C@H]1CSSC[C@@H](C(=O)O)NC(=O)[C@H](CO)NC(=O)[C@H]([C@@H](C)O)NC(=O)[C@H](Cc2ccccc2)NC(=O)[C@H]([C@@H](C)O)NC(=O)[C@H](CCCCN)NC(=O)[C@@H](Cc2c[nH]c3ccccc23)NC(=O)[C@H](Cc2ccccc2)NC(=O)[C@H](Cc2ccccc2)NC(=O)[C@H](CC(N)=O)NC(=O)[C@H](CCCCN)NC1=O. The molecule has 2 aliphatic rings. The van der Waals surface area contributed by atoms with Crippen molar-refractivity contribution in [3.63, 3.8) is 0 Å². The van der Waals surface area contributed by atoms with Gasteiger partial charge in [0.1, 0.15) is 78.5 Å². The molecule has 15 amide bonds. The molecule has 0 bridgehead atoms. The molecule has 0 radical (unpaired) electrons. The number of nitrogens with one attached hydrogen (secondary N) is 15. The monoisotopic (exact) mass is 2020 g/mol. The predicted molar refractivity (Wildman–Crippen MR) is 518 cm³/mol. The molecular formula is C92H130N22O26S2. The standard InChI is InChI=1S/C92H130N22O26S2/c1-53(98-74(120)46-111-31-33-112(47-75(121)122)35-37-114(49-77(125)126)38-36-113(34-32-111)48-76(123)124)80(127)97-45-73(119)99-70-51-141-142-52-71(92(139)140)108-88(135)69(50-115)107-91(138)79(55(3)117)110-87(134)66(41-58-23-11-6-12-24-58)106-90(137)78(54(2)116)109-82(129)63(28-16-18-30-94)100-85(132)67(42-59-44-96-61-26-14-13-25-60(59)61)104-84(131)65(40-57-21-9-5-10-22-57)102-83(130)64(39-56-19-7-4-8-20-56)103-86(133)68(43-72(95)118)105-81(128)62(101-89(70)136)27-15-17-29-93/h4-14,19-26,44,53-55,62-71,78-79,96,115-117H,15-18,27-43,45-52,93-94H2,1-3H3,(H2,95,118)(H,97,127)(H,98,120)(H,99,119)(H,100,132)(H,101,136)(H,102,130)(H,103,133)(H,104,131)(H,105,128)(H,106,137)(H,107,138)(H,108,135)(H,109,129)(H,110,134)(H,121,122)(H,123,124)(H,125,126)(H,139,140)/t53-,54+,55+,62-,63-,64-,65-,66-,67+,68-,69-,70-,71-,78-,79-/m0/s1. The highest BCUT2D eigenvalue weighted by Gasteiger charge is 2.41. The number of rotatable bonds is 35. The number of nitrogens with zero attached hydrogens (tertiary/aromatic N) is 4. The Morgan fingerprint density at radius 3 is 1.20 bits per heavy atom. The number of aliphatic carboxylic acids is 4. The van der Waals surface area contributed by atoms with Crippen molar-refractivity contribution in [3.05, 3.63) is 144 Å². The molecule has 0 saturated carbocycles. The average molecular weight is 2020 g/mol. The fourth-order valence-electron chi connectivity index (χ4n) is 15.3. The Kier molecular flexibility index (Phi) is 48.9. The lowest BCUT2D eigenvalue weighted by Crippen LogP contribution is -2.63. The van der Waals surface area contributed by atoms with Crippen LogP contribution in [0.1, 0.15) is 88.0 Å². The summed E-state index contributed by atoms with van der Waals surface area (Å²) in [6.45, 7) is 0.123. The van der Waals surface area contributed by atoms with Gasteiger partial charge in [0, 0.05) is 107 Å². The van der Waals surface area contributed by atoms with Gasteiger partial charge in [-0.25, -0.2) is 4.79 Å². The van der Waals surface area contributed by atoms with Crippen molar-refractivity contribution in [1.82, 2.24) is 99.0 Å². The summed E-state index contributed by atoms with van der Waals surface area (Å²) in [6, 6.07) is 8.00. The van der Waals surface area contributed by atoms with Crippen molar-refractivity contribution in [2.45, 2.75) is 182 Å². The van der Waals surface area contributed by atoms with E-state index in [1.807, 2.05) is 0 Å². The minimum absolute atomic E-state index is 0.0293. The number of hydrogen-bond donors (Lipinski definition) is 25. The van der Waals surface area contributed by atoms with E-state index in [2.05, 4.69) is 79.4 Å². The number of fused-ring (bicyclic) bond motifs is 1. The molecule has 48 nitrogen and oxygen atoms in total. The molecule has 0 unspecified atom stereocenters. The maximum absolute atomic E-state index is 15.5. The number of aromatic nitrogens is 1. The zero-order chi connectivity index (χ0) is 104. The third kappa shape index (κ3) is 40.4. The van der Waals surface area contributed by atoms with Crippen LogP contribution in [0.2, 0.25) is 0 Å². The Labute approximate surface area is 826 Å². The number of hydrogen-bond acceptors (Lipinski definition) is 30. The van der Waals surface area contributed by atoms with Gasteiger partial charge >= 0.3 is 23.9 Å². The van der Waals surface area contributed by atoms with Crippen molar-refractivity contribution in [1.29, 1.82) is 0 Å². The first-order chi connectivity index (χ1) is 67.7. The van der Waals surface area contributed by atoms with Gasteiger partial charge in [-0.15, -0.1) is 0 Å². The molecule has 3 heterocycles. The Morgan fingerprint density at radius 2 is 0.775 bits per heavy atom. The van der Waals surface area contributed by atoms with Gasteiger partial charge < -0.3 is 132 Å². The topological polar surface area (TPSA) is 741 Å². The minimum atomic E-state index is -2.05. The Morgan fingerprint density at radius 1 is 0.415 bits per heavy atom. The molecule has 7 rings (SSSR count). The molecule has 4 aromatic carbocycles. The second-order valence-electron chi connectivity index (χ2n) is 34.4. The first-order valence-electron chi connectivity index (χ1n) is 46.3. The smallest absolute Gasteiger partial charge is 0.327 e. The van der Waals surface area contributed by atoms with E-state index in [1.54, 1.807) is 131 Å². The summed E-state index contributed by atoms with van der Waals surface area (Å²) in [7, 11) is 1.35. The van der Waals surface area contributed by atoms with Crippen molar-refractivity contribution >= 4 is 145 Å². The first-order valence-corrected chi connectivity index (χ1v) is 48.7. The van der Waals surface area contributed by atoms with Crippen LogP contribution in [0, 0.1) is 0 Å². The second kappa shape index (κ2) is 60.1. The van der Waals surface area contributed by atoms with Gasteiger partial charge in [0.25, 0.3) is 0 Å². The highest BCUT2D eigenvalue weighted by Crippen LogP contribution is 2.25. The van der Waals surface area contributed by atoms with Crippen LogP contribution in [0.4, 0.5) is 0 Å². The highest BCUT2D eigenvalue weighted by molar-refractivity contribution is 8.76. The van der Waals surface area contributed by atoms with Gasteiger partial charge in [-0.2, -0.15) is 0 Å². The Bertz CT molecular complexity index is 5060. The molecule has 1 aromatic heterocycles. The second-order valence-corrected chi connectivity index (χ2v) is 36.9. The number of carboxylic acids is 4. The van der Waals surface area contributed by atoms with Gasteiger partial charge in [-0.3, -0.25) is 106 Å². The normalized spacial score (nSPS) is 23.1. The van der Waals surface area contributed by atoms with Crippen LogP contribution >= 0.6 is 21.6 Å². The van der Waals surface area contributed by atoms with Crippen LogP contribution < -0.4 is 91.6 Å². The quantitative estimate of drug-likeness (QED) is 0.0132. The van der Waals surface area contributed by atoms with E-state index in [9.17, 15) is 98.1 Å². The number of carboxylic acid groups (broad SMARTS) is 4. The van der Waals surface area contributed by atoms with Crippen molar-refractivity contribution in [2.24, 2.45) is 17.2 Å². The maximum Gasteiger partial charge on any atom is 0.327 e. The molecule has 28 N–H and O–H groups in total. The van der Waals surface area contributed by atoms with E-state index in [0.717, 1.165) is 13.8 Å². The Balaban J connectivity index is 1.26. The number of aliphatic hydroxyl groups is 3. The maximum atomic E-state index is 15.5. The van der Waals surface area contributed by atoms with Gasteiger partial charge in [0.05, 0.1) is 58.0 Å². The van der Waals surface area contributed by atoms with E-state index in [0.29, 0.717) is 54.7 Å². The fraction of sp³-hybridized carbons (Fsp3) is 0.511. The predicted octanol–water partition coefficient (Wildman–Crippen LogP) is -7.28. The zero-order valence-corrected chi connectivity index (χ0v) is 80.6. The van der Waals surface area contributed by atoms with Gasteiger partial charge in [0.15, 0.2) is 0 Å². The third-order valence-electron chi connectivity index (χ3n) is 23.0. The summed E-state index contributed by atoms with van der Waals surface area (Å²) in [5, 5.41) is 108. The van der Waals surface area contributed by atoms with Crippen LogP contribution in [0.5, 0.6) is 0 Å². The molecule has 5 aromatic rings. The molecule has 2 fully saturated rings.